The van der Waals surface area contributed by atoms with E-state index >= 15 is 0 Å². The number of hydrogen-bond donors (Lipinski definition) is 2. The number of nitrogens with one attached hydrogen (secondary N) is 2. The number of halogens is 1. The Balaban J connectivity index is 1.96. The number of amides is 1. The van der Waals surface area contributed by atoms with E-state index in [1.165, 1.54) is 0 Å². The van der Waals surface area contributed by atoms with E-state index in [2.05, 4.69) is 10.6 Å². The summed E-state index contributed by atoms with van der Waals surface area (Å²) >= 11 is 5.82. The van der Waals surface area contributed by atoms with Gasteiger partial charge in [-0.1, -0.05) is 17.7 Å². The van der Waals surface area contributed by atoms with Gasteiger partial charge in [-0.25, -0.2) is 0 Å². The van der Waals surface area contributed by atoms with Gasteiger partial charge in [0.05, 0.1) is 6.61 Å². The molecule has 0 aliphatic carbocycles. The first-order valence-electron chi connectivity index (χ1n) is 5.14. The molecule has 86 valence electrons. The molecule has 0 spiro atoms. The van der Waals surface area contributed by atoms with Crippen molar-refractivity contribution in [1.82, 2.24) is 5.32 Å². The first kappa shape index (κ1) is 11.4. The van der Waals surface area contributed by atoms with Crippen molar-refractivity contribution in [3.05, 3.63) is 29.3 Å². The Hall–Kier alpha value is -1.10. The van der Waals surface area contributed by atoms with Gasteiger partial charge in [0.1, 0.15) is 6.10 Å². The van der Waals surface area contributed by atoms with Crippen LogP contribution in [0, 0.1) is 0 Å². The van der Waals surface area contributed by atoms with Gasteiger partial charge < -0.3 is 15.4 Å². The van der Waals surface area contributed by atoms with Gasteiger partial charge in [0.25, 0.3) is 5.91 Å². The Bertz CT molecular complexity index is 378. The molecular formula is C11H13ClN2O2. The summed E-state index contributed by atoms with van der Waals surface area (Å²) in [5.74, 6) is -0.144. The average Bonchev–Trinajstić information content (AvgIpc) is 2.30. The Labute approximate surface area is 98.9 Å². The maximum absolute atomic E-state index is 11.8. The molecule has 1 atom stereocenters. The topological polar surface area (TPSA) is 50.4 Å². The zero-order valence-electron chi connectivity index (χ0n) is 8.70. The van der Waals surface area contributed by atoms with E-state index in [-0.39, 0.29) is 5.91 Å². The summed E-state index contributed by atoms with van der Waals surface area (Å²) in [4.78, 5) is 11.8. The first-order valence-corrected chi connectivity index (χ1v) is 5.52. The first-order chi connectivity index (χ1) is 7.75. The number of anilines is 1. The summed E-state index contributed by atoms with van der Waals surface area (Å²) in [6, 6.07) is 7.05. The molecule has 1 fully saturated rings. The molecule has 1 heterocycles. The van der Waals surface area contributed by atoms with Crippen LogP contribution in [-0.2, 0) is 9.53 Å². The summed E-state index contributed by atoms with van der Waals surface area (Å²) in [7, 11) is 0. The lowest BCUT2D eigenvalue weighted by atomic mass is 10.2. The van der Waals surface area contributed by atoms with Gasteiger partial charge in [0.15, 0.2) is 0 Å². The van der Waals surface area contributed by atoms with Gasteiger partial charge in [-0.15, -0.1) is 0 Å². The molecule has 1 amide bonds. The number of morpholine rings is 1. The molecule has 0 saturated carbocycles. The summed E-state index contributed by atoms with van der Waals surface area (Å²) in [5, 5.41) is 6.46. The van der Waals surface area contributed by atoms with Crippen LogP contribution in [0.3, 0.4) is 0 Å². The van der Waals surface area contributed by atoms with E-state index in [1.807, 2.05) is 0 Å². The highest BCUT2D eigenvalue weighted by Gasteiger charge is 2.21. The molecule has 4 nitrogen and oxygen atoms in total. The van der Waals surface area contributed by atoms with Crippen LogP contribution in [0.25, 0.3) is 0 Å². The number of ether oxygens (including phenoxy) is 1. The molecule has 2 rings (SSSR count). The van der Waals surface area contributed by atoms with Crippen LogP contribution in [0.15, 0.2) is 24.3 Å². The molecule has 1 aliphatic heterocycles. The van der Waals surface area contributed by atoms with E-state index in [4.69, 9.17) is 16.3 Å². The van der Waals surface area contributed by atoms with E-state index in [0.29, 0.717) is 23.9 Å². The van der Waals surface area contributed by atoms with Crippen molar-refractivity contribution in [3.63, 3.8) is 0 Å². The minimum absolute atomic E-state index is 0.144. The third kappa shape index (κ3) is 2.95. The highest BCUT2D eigenvalue weighted by molar-refractivity contribution is 6.30. The van der Waals surface area contributed by atoms with Crippen LogP contribution in [0.1, 0.15) is 0 Å². The quantitative estimate of drug-likeness (QED) is 0.819. The molecule has 1 saturated heterocycles. The number of hydrogen-bond acceptors (Lipinski definition) is 3. The molecule has 0 bridgehead atoms. The van der Waals surface area contributed by atoms with Crippen molar-refractivity contribution in [3.8, 4) is 0 Å². The van der Waals surface area contributed by atoms with Gasteiger partial charge in [-0.05, 0) is 18.2 Å². The largest absolute Gasteiger partial charge is 0.366 e. The minimum Gasteiger partial charge on any atom is -0.366 e. The molecule has 5 heteroatoms. The van der Waals surface area contributed by atoms with Crippen LogP contribution in [0.2, 0.25) is 5.02 Å². The van der Waals surface area contributed by atoms with Crippen molar-refractivity contribution in [2.75, 3.05) is 25.0 Å². The van der Waals surface area contributed by atoms with E-state index in [9.17, 15) is 4.79 Å². The summed E-state index contributed by atoms with van der Waals surface area (Å²) in [6.07, 6.45) is -0.423. The second kappa shape index (κ2) is 5.30. The normalized spacial score (nSPS) is 20.4. The SMILES string of the molecule is O=C(Nc1cccc(Cl)c1)C1CNCCO1. The van der Waals surface area contributed by atoms with Crippen molar-refractivity contribution < 1.29 is 9.53 Å². The predicted octanol–water partition coefficient (Wildman–Crippen LogP) is 1.27. The second-order valence-electron chi connectivity index (χ2n) is 3.56. The van der Waals surface area contributed by atoms with Gasteiger partial charge in [0, 0.05) is 23.8 Å². The van der Waals surface area contributed by atoms with Gasteiger partial charge in [-0.3, -0.25) is 4.79 Å². The van der Waals surface area contributed by atoms with Crippen LogP contribution in [0.4, 0.5) is 5.69 Å². The molecule has 1 aromatic rings. The summed E-state index contributed by atoms with van der Waals surface area (Å²) < 4.78 is 5.33. The third-order valence-electron chi connectivity index (χ3n) is 2.31. The zero-order chi connectivity index (χ0) is 11.4. The zero-order valence-corrected chi connectivity index (χ0v) is 9.46. The van der Waals surface area contributed by atoms with Crippen molar-refractivity contribution in [2.45, 2.75) is 6.10 Å². The standard InChI is InChI=1S/C11H13ClN2O2/c12-8-2-1-3-9(6-8)14-11(15)10-7-13-4-5-16-10/h1-3,6,10,13H,4-5,7H2,(H,14,15). The number of benzene rings is 1. The van der Waals surface area contributed by atoms with Gasteiger partial charge in [-0.2, -0.15) is 0 Å². The van der Waals surface area contributed by atoms with Crippen molar-refractivity contribution in [2.24, 2.45) is 0 Å². The van der Waals surface area contributed by atoms with Crippen LogP contribution >= 0.6 is 11.6 Å². The Morgan fingerprint density at radius 1 is 1.56 bits per heavy atom. The second-order valence-corrected chi connectivity index (χ2v) is 4.00. The Morgan fingerprint density at radius 2 is 2.44 bits per heavy atom. The maximum Gasteiger partial charge on any atom is 0.254 e. The van der Waals surface area contributed by atoms with Crippen LogP contribution < -0.4 is 10.6 Å². The minimum atomic E-state index is -0.423. The lowest BCUT2D eigenvalue weighted by molar-refractivity contribution is -0.128. The maximum atomic E-state index is 11.8. The highest BCUT2D eigenvalue weighted by Crippen LogP contribution is 2.15. The molecule has 0 radical (unpaired) electrons. The number of rotatable bonds is 2. The molecule has 1 aliphatic rings. The fourth-order valence-electron chi connectivity index (χ4n) is 1.52. The fraction of sp³-hybridized carbons (Fsp3) is 0.364. The van der Waals surface area contributed by atoms with Crippen LogP contribution in [-0.4, -0.2) is 31.7 Å². The molecule has 1 unspecified atom stereocenters. The van der Waals surface area contributed by atoms with E-state index in [0.717, 1.165) is 6.54 Å². The average molecular weight is 241 g/mol. The lowest BCUT2D eigenvalue weighted by Crippen LogP contribution is -2.45. The van der Waals surface area contributed by atoms with E-state index in [1.54, 1.807) is 24.3 Å². The fourth-order valence-corrected chi connectivity index (χ4v) is 1.71. The molecular weight excluding hydrogens is 228 g/mol. The Morgan fingerprint density at radius 3 is 3.12 bits per heavy atom. The van der Waals surface area contributed by atoms with E-state index < -0.39 is 6.10 Å². The molecule has 2 N–H and O–H groups in total. The van der Waals surface area contributed by atoms with Gasteiger partial charge in [0.2, 0.25) is 0 Å². The number of carbonyl (C=O) groups is 1. The molecule has 1 aromatic carbocycles. The third-order valence-corrected chi connectivity index (χ3v) is 2.55. The lowest BCUT2D eigenvalue weighted by Gasteiger charge is -2.22. The predicted molar refractivity (Wildman–Crippen MR) is 62.7 cm³/mol. The smallest absolute Gasteiger partial charge is 0.254 e. The summed E-state index contributed by atoms with van der Waals surface area (Å²) in [5.41, 5.74) is 0.687. The molecule has 16 heavy (non-hydrogen) atoms. The van der Waals surface area contributed by atoms with Crippen molar-refractivity contribution in [1.29, 1.82) is 0 Å². The monoisotopic (exact) mass is 240 g/mol. The summed E-state index contributed by atoms with van der Waals surface area (Å²) in [6.45, 7) is 1.90. The van der Waals surface area contributed by atoms with Crippen molar-refractivity contribution >= 4 is 23.2 Å². The Kier molecular flexibility index (Phi) is 3.77. The number of carbonyl (C=O) groups excluding carboxylic acids is 1. The van der Waals surface area contributed by atoms with Crippen LogP contribution in [0.5, 0.6) is 0 Å². The highest BCUT2D eigenvalue weighted by atomic mass is 35.5. The molecule has 0 aromatic heterocycles. The van der Waals surface area contributed by atoms with Gasteiger partial charge >= 0.3 is 0 Å².